The Kier molecular flexibility index (Phi) is 4.64. The fraction of sp³-hybridized carbons (Fsp3) is 0.600. The normalized spacial score (nSPS) is 22.2. The lowest BCUT2D eigenvalue weighted by Gasteiger charge is -2.36. The second-order valence-corrected chi connectivity index (χ2v) is 7.59. The number of anilines is 1. The first-order valence-electron chi connectivity index (χ1n) is 9.66. The van der Waals surface area contributed by atoms with Crippen LogP contribution < -0.4 is 5.32 Å². The van der Waals surface area contributed by atoms with Gasteiger partial charge in [0, 0.05) is 37.8 Å². The number of carbonyl (C=O) groups is 2. The first-order chi connectivity index (χ1) is 12.2. The lowest BCUT2D eigenvalue weighted by molar-refractivity contribution is -0.130. The Morgan fingerprint density at radius 1 is 0.960 bits per heavy atom. The Bertz CT molecular complexity index is 631. The Labute approximate surface area is 149 Å². The number of hydrogen-bond acceptors (Lipinski definition) is 2. The molecule has 2 heterocycles. The van der Waals surface area contributed by atoms with Crippen molar-refractivity contribution in [3.63, 3.8) is 0 Å². The minimum Gasteiger partial charge on any atom is -0.340 e. The predicted octanol–water partition coefficient (Wildman–Crippen LogP) is 3.57. The zero-order chi connectivity index (χ0) is 17.2. The maximum atomic E-state index is 12.5. The average molecular weight is 341 g/mol. The minimum absolute atomic E-state index is 0.0254. The lowest BCUT2D eigenvalue weighted by Crippen LogP contribution is -2.48. The van der Waals surface area contributed by atoms with Gasteiger partial charge in [0.25, 0.3) is 0 Å². The molecule has 134 valence electrons. The molecular formula is C20H27N3O2. The average Bonchev–Trinajstić information content (AvgIpc) is 3.01. The monoisotopic (exact) mass is 341 g/mol. The van der Waals surface area contributed by atoms with Crippen molar-refractivity contribution in [3.8, 4) is 0 Å². The molecule has 1 N–H and O–H groups in total. The van der Waals surface area contributed by atoms with Crippen LogP contribution in [0.25, 0.3) is 0 Å². The van der Waals surface area contributed by atoms with Crippen LogP contribution in [-0.4, -0.2) is 47.4 Å². The maximum Gasteiger partial charge on any atom is 0.321 e. The van der Waals surface area contributed by atoms with Crippen LogP contribution in [0.15, 0.2) is 24.3 Å². The van der Waals surface area contributed by atoms with E-state index < -0.39 is 0 Å². The number of amides is 3. The van der Waals surface area contributed by atoms with E-state index in [0.29, 0.717) is 12.5 Å². The largest absolute Gasteiger partial charge is 0.340 e. The van der Waals surface area contributed by atoms with Gasteiger partial charge in [-0.25, -0.2) is 4.79 Å². The highest BCUT2D eigenvalue weighted by atomic mass is 16.2. The zero-order valence-corrected chi connectivity index (χ0v) is 14.7. The quantitative estimate of drug-likeness (QED) is 0.914. The molecule has 0 unspecified atom stereocenters. The third-order valence-corrected chi connectivity index (χ3v) is 6.04. The summed E-state index contributed by atoms with van der Waals surface area (Å²) >= 11 is 0. The Hall–Kier alpha value is -2.04. The molecule has 0 bridgehead atoms. The summed E-state index contributed by atoms with van der Waals surface area (Å²) in [5.74, 6) is 1.01. The summed E-state index contributed by atoms with van der Waals surface area (Å²) in [7, 11) is 0. The summed E-state index contributed by atoms with van der Waals surface area (Å²) in [4.78, 5) is 28.2. The molecule has 2 aliphatic heterocycles. The molecule has 0 atom stereocenters. The van der Waals surface area contributed by atoms with Crippen molar-refractivity contribution in [1.29, 1.82) is 0 Å². The van der Waals surface area contributed by atoms with Gasteiger partial charge in [-0.1, -0.05) is 18.6 Å². The summed E-state index contributed by atoms with van der Waals surface area (Å²) in [6, 6.07) is 8.61. The molecule has 4 rings (SSSR count). The summed E-state index contributed by atoms with van der Waals surface area (Å²) in [6.45, 7) is 2.34. The summed E-state index contributed by atoms with van der Waals surface area (Å²) in [5, 5.41) is 3.01. The van der Waals surface area contributed by atoms with E-state index in [0.717, 1.165) is 50.5 Å². The number of nitrogens with one attached hydrogen (secondary N) is 1. The van der Waals surface area contributed by atoms with E-state index in [9.17, 15) is 9.59 Å². The van der Waals surface area contributed by atoms with Gasteiger partial charge in [0.2, 0.25) is 5.91 Å². The number of benzene rings is 1. The van der Waals surface area contributed by atoms with Crippen LogP contribution in [0.1, 0.15) is 56.4 Å². The number of hydrogen-bond donors (Lipinski definition) is 1. The molecule has 1 aromatic rings. The van der Waals surface area contributed by atoms with Crippen molar-refractivity contribution in [2.45, 2.75) is 56.9 Å². The van der Waals surface area contributed by atoms with Gasteiger partial charge in [0.05, 0.1) is 0 Å². The fourth-order valence-electron chi connectivity index (χ4n) is 4.22. The second kappa shape index (κ2) is 7.06. The van der Waals surface area contributed by atoms with E-state index in [1.165, 1.54) is 24.8 Å². The Balaban J connectivity index is 1.28. The SMILES string of the molecule is O=C(Nc1ccc(C2CCC2)cc1)N1CCC(N2CCCC2=O)CC1. The van der Waals surface area contributed by atoms with Crippen LogP contribution in [0.4, 0.5) is 10.5 Å². The van der Waals surface area contributed by atoms with Crippen LogP contribution in [0, 0.1) is 0 Å². The van der Waals surface area contributed by atoms with Crippen molar-refractivity contribution in [2.75, 3.05) is 25.0 Å². The van der Waals surface area contributed by atoms with Crippen LogP contribution in [0.2, 0.25) is 0 Å². The van der Waals surface area contributed by atoms with Gasteiger partial charge in [0.1, 0.15) is 0 Å². The first kappa shape index (κ1) is 16.4. The number of carbonyl (C=O) groups excluding carboxylic acids is 2. The molecule has 25 heavy (non-hydrogen) atoms. The molecular weight excluding hydrogens is 314 g/mol. The smallest absolute Gasteiger partial charge is 0.321 e. The standard InChI is InChI=1S/C20H27N3O2/c24-19-5-2-12-23(19)18-10-13-22(14-11-18)20(25)21-17-8-6-16(7-9-17)15-3-1-4-15/h6-9,15,18H,1-5,10-14H2,(H,21,25). The van der Waals surface area contributed by atoms with Crippen molar-refractivity contribution in [3.05, 3.63) is 29.8 Å². The number of rotatable bonds is 3. The van der Waals surface area contributed by atoms with Gasteiger partial charge in [-0.2, -0.15) is 0 Å². The number of urea groups is 1. The third-order valence-electron chi connectivity index (χ3n) is 6.04. The summed E-state index contributed by atoms with van der Waals surface area (Å²) < 4.78 is 0. The molecule has 3 aliphatic rings. The lowest BCUT2D eigenvalue weighted by atomic mass is 9.80. The van der Waals surface area contributed by atoms with Crippen LogP contribution >= 0.6 is 0 Å². The van der Waals surface area contributed by atoms with Crippen molar-refractivity contribution in [2.24, 2.45) is 0 Å². The summed E-state index contributed by atoms with van der Waals surface area (Å²) in [6.07, 6.45) is 7.37. The summed E-state index contributed by atoms with van der Waals surface area (Å²) in [5.41, 5.74) is 2.25. The molecule has 1 aromatic carbocycles. The molecule has 0 spiro atoms. The third kappa shape index (κ3) is 3.51. The van der Waals surface area contributed by atoms with E-state index in [-0.39, 0.29) is 11.9 Å². The zero-order valence-electron chi connectivity index (χ0n) is 14.7. The van der Waals surface area contributed by atoms with Gasteiger partial charge >= 0.3 is 6.03 Å². The van der Waals surface area contributed by atoms with Gasteiger partial charge < -0.3 is 15.1 Å². The predicted molar refractivity (Wildman–Crippen MR) is 97.6 cm³/mol. The second-order valence-electron chi connectivity index (χ2n) is 7.59. The molecule has 3 fully saturated rings. The van der Waals surface area contributed by atoms with Crippen molar-refractivity contribution >= 4 is 17.6 Å². The Morgan fingerprint density at radius 2 is 1.68 bits per heavy atom. The number of piperidine rings is 1. The molecule has 5 heteroatoms. The minimum atomic E-state index is -0.0254. The number of nitrogens with zero attached hydrogens (tertiary/aromatic N) is 2. The van der Waals surface area contributed by atoms with E-state index >= 15 is 0 Å². The van der Waals surface area contributed by atoms with E-state index in [1.807, 2.05) is 21.9 Å². The molecule has 5 nitrogen and oxygen atoms in total. The van der Waals surface area contributed by atoms with Crippen molar-refractivity contribution < 1.29 is 9.59 Å². The van der Waals surface area contributed by atoms with Gasteiger partial charge in [-0.05, 0) is 55.7 Å². The highest BCUT2D eigenvalue weighted by Gasteiger charge is 2.31. The maximum absolute atomic E-state index is 12.5. The van der Waals surface area contributed by atoms with Crippen LogP contribution in [-0.2, 0) is 4.79 Å². The Morgan fingerprint density at radius 3 is 2.24 bits per heavy atom. The molecule has 2 saturated heterocycles. The highest BCUT2D eigenvalue weighted by Crippen LogP contribution is 2.36. The van der Waals surface area contributed by atoms with Gasteiger partial charge in [-0.15, -0.1) is 0 Å². The van der Waals surface area contributed by atoms with Gasteiger partial charge in [0.15, 0.2) is 0 Å². The molecule has 0 radical (unpaired) electrons. The van der Waals surface area contributed by atoms with Crippen LogP contribution in [0.3, 0.4) is 0 Å². The van der Waals surface area contributed by atoms with Crippen LogP contribution in [0.5, 0.6) is 0 Å². The first-order valence-corrected chi connectivity index (χ1v) is 9.66. The number of likely N-dealkylation sites (tertiary alicyclic amines) is 2. The molecule has 0 aromatic heterocycles. The van der Waals surface area contributed by atoms with E-state index in [1.54, 1.807) is 0 Å². The molecule has 1 saturated carbocycles. The molecule has 3 amide bonds. The fourth-order valence-corrected chi connectivity index (χ4v) is 4.22. The van der Waals surface area contributed by atoms with Crippen molar-refractivity contribution in [1.82, 2.24) is 9.80 Å². The molecule has 1 aliphatic carbocycles. The van der Waals surface area contributed by atoms with E-state index in [4.69, 9.17) is 0 Å². The topological polar surface area (TPSA) is 52.7 Å². The van der Waals surface area contributed by atoms with E-state index in [2.05, 4.69) is 17.4 Å². The van der Waals surface area contributed by atoms with Gasteiger partial charge in [-0.3, -0.25) is 4.79 Å². The highest BCUT2D eigenvalue weighted by molar-refractivity contribution is 5.89.